The lowest BCUT2D eigenvalue weighted by Gasteiger charge is -2.35. The molecule has 0 saturated carbocycles. The summed E-state index contributed by atoms with van der Waals surface area (Å²) in [6, 6.07) is 5.30. The SMILES string of the molecule is COC(=O)NC(C(=O)N1CCC[C@H]1c1ncc(-c2ccc3c(c2)C(F)(F)C(F)(F)c2cc(-c4cnc([C@@H]5CCCN5C(=O)[C@@H](NC(=O)OC)C(C)C)[nH]4)ccc2-3)[nH]1)C(C)C. The second-order valence-electron chi connectivity index (χ2n) is 16.1. The lowest BCUT2D eigenvalue weighted by molar-refractivity contribution is -0.225. The number of aromatic nitrogens is 4. The van der Waals surface area contributed by atoms with Gasteiger partial charge >= 0.3 is 24.0 Å². The van der Waals surface area contributed by atoms with Gasteiger partial charge in [0, 0.05) is 35.3 Å². The van der Waals surface area contributed by atoms with E-state index in [-0.39, 0.29) is 45.9 Å². The molecular formula is C42H48F4N8O6. The molecule has 4 amide bonds. The maximum atomic E-state index is 16.1. The van der Waals surface area contributed by atoms with Crippen molar-refractivity contribution in [3.8, 4) is 33.6 Å². The maximum Gasteiger partial charge on any atom is 0.407 e. The van der Waals surface area contributed by atoms with Crippen LogP contribution in [-0.4, -0.2) is 93.1 Å². The number of alkyl halides is 4. The molecular weight excluding hydrogens is 789 g/mol. The molecule has 4 N–H and O–H groups in total. The number of imidazole rings is 2. The van der Waals surface area contributed by atoms with Crippen molar-refractivity contribution in [2.24, 2.45) is 11.8 Å². The summed E-state index contributed by atoms with van der Waals surface area (Å²) in [5, 5.41) is 5.18. The Kier molecular flexibility index (Phi) is 11.4. The minimum Gasteiger partial charge on any atom is -0.453 e. The lowest BCUT2D eigenvalue weighted by atomic mass is 9.79. The van der Waals surface area contributed by atoms with Crippen molar-refractivity contribution in [2.75, 3.05) is 27.3 Å². The van der Waals surface area contributed by atoms with E-state index < -0.39 is 59.3 Å². The average molecular weight is 837 g/mol. The largest absolute Gasteiger partial charge is 0.453 e. The highest BCUT2D eigenvalue weighted by molar-refractivity contribution is 5.87. The second kappa shape index (κ2) is 16.3. The van der Waals surface area contributed by atoms with Crippen LogP contribution in [0.5, 0.6) is 0 Å². The van der Waals surface area contributed by atoms with Crippen molar-refractivity contribution < 1.29 is 46.2 Å². The standard InChI is InChI=1S/C42H48F4N8O6/c1-21(2)33(51-39(57)59-5)37(55)53-15-7-9-31(53)35-47-19-29(49-35)23-11-13-25-26-14-12-24(18-28(26)42(45,46)41(43,44)27(25)17-23)30-20-48-36(50-30)32-10-8-16-54(32)38(56)34(22(3)4)52-40(58)60-6/h11-14,17-22,31-34H,7-10,15-16H2,1-6H3,(H,47,49)(H,48,50)(H,51,57)(H,52,58)/t31-,32-,33-,34?/m0/s1. The number of carbonyl (C=O) groups is 4. The van der Waals surface area contributed by atoms with Gasteiger partial charge in [-0.3, -0.25) is 9.59 Å². The Morgan fingerprint density at radius 2 is 1.07 bits per heavy atom. The van der Waals surface area contributed by atoms with Gasteiger partial charge in [0.25, 0.3) is 0 Å². The Balaban J connectivity index is 1.14. The third kappa shape index (κ3) is 7.44. The maximum absolute atomic E-state index is 16.1. The molecule has 2 aromatic heterocycles. The summed E-state index contributed by atoms with van der Waals surface area (Å²) >= 11 is 0. The second-order valence-corrected chi connectivity index (χ2v) is 16.1. The van der Waals surface area contributed by atoms with Gasteiger partial charge in [0.1, 0.15) is 23.7 Å². The highest BCUT2D eigenvalue weighted by Gasteiger charge is 2.63. The number of likely N-dealkylation sites (tertiary alicyclic amines) is 2. The van der Waals surface area contributed by atoms with E-state index in [1.54, 1.807) is 49.6 Å². The van der Waals surface area contributed by atoms with Crippen LogP contribution in [0.4, 0.5) is 27.2 Å². The van der Waals surface area contributed by atoms with Gasteiger partial charge in [-0.25, -0.2) is 19.6 Å². The highest BCUT2D eigenvalue weighted by Crippen LogP contribution is 2.58. The highest BCUT2D eigenvalue weighted by atomic mass is 19.3. The van der Waals surface area contributed by atoms with E-state index >= 15 is 17.6 Å². The molecule has 14 nitrogen and oxygen atoms in total. The summed E-state index contributed by atoms with van der Waals surface area (Å²) < 4.78 is 73.9. The predicted molar refractivity (Wildman–Crippen MR) is 211 cm³/mol. The third-order valence-corrected chi connectivity index (χ3v) is 11.7. The van der Waals surface area contributed by atoms with Gasteiger partial charge in [-0.1, -0.05) is 52.0 Å². The first-order chi connectivity index (χ1) is 28.5. The van der Waals surface area contributed by atoms with Gasteiger partial charge < -0.3 is 39.9 Å². The number of hydrogen-bond donors (Lipinski definition) is 4. The Morgan fingerprint density at radius 3 is 1.42 bits per heavy atom. The Labute approximate surface area is 343 Å². The lowest BCUT2D eigenvalue weighted by Crippen LogP contribution is -2.51. The number of nitrogens with one attached hydrogen (secondary N) is 4. The summed E-state index contributed by atoms with van der Waals surface area (Å²) in [6.07, 6.45) is 3.81. The molecule has 1 aliphatic carbocycles. The molecule has 0 bridgehead atoms. The molecule has 0 spiro atoms. The molecule has 4 aromatic rings. The Morgan fingerprint density at radius 1 is 0.683 bits per heavy atom. The van der Waals surface area contributed by atoms with Crippen LogP contribution in [0, 0.1) is 11.8 Å². The molecule has 7 rings (SSSR count). The summed E-state index contributed by atoms with van der Waals surface area (Å²) in [4.78, 5) is 69.5. The monoisotopic (exact) mass is 836 g/mol. The van der Waals surface area contributed by atoms with Gasteiger partial charge in [0.2, 0.25) is 11.8 Å². The molecule has 60 heavy (non-hydrogen) atoms. The number of nitrogens with zero attached hydrogens (tertiary/aromatic N) is 4. The topological polar surface area (TPSA) is 175 Å². The first-order valence-electron chi connectivity index (χ1n) is 19.9. The molecule has 2 aliphatic heterocycles. The molecule has 3 aliphatic rings. The average Bonchev–Trinajstić information content (AvgIpc) is 4.07. The van der Waals surface area contributed by atoms with Crippen LogP contribution in [0.25, 0.3) is 33.6 Å². The first kappa shape index (κ1) is 42.2. The zero-order chi connectivity index (χ0) is 43.3. The van der Waals surface area contributed by atoms with Crippen LogP contribution in [0.2, 0.25) is 0 Å². The van der Waals surface area contributed by atoms with Crippen LogP contribution >= 0.6 is 0 Å². The molecule has 4 atom stereocenters. The van der Waals surface area contributed by atoms with E-state index in [0.717, 1.165) is 12.1 Å². The van der Waals surface area contributed by atoms with Gasteiger partial charge in [-0.05, 0) is 60.8 Å². The van der Waals surface area contributed by atoms with Crippen LogP contribution < -0.4 is 10.6 Å². The minimum absolute atomic E-state index is 0.0490. The van der Waals surface area contributed by atoms with Crippen LogP contribution in [-0.2, 0) is 30.9 Å². The van der Waals surface area contributed by atoms with Gasteiger partial charge in [-0.15, -0.1) is 0 Å². The molecule has 2 fully saturated rings. The summed E-state index contributed by atoms with van der Waals surface area (Å²) in [6.45, 7) is 8.00. The number of carbonyl (C=O) groups excluding carboxylic acids is 4. The first-order valence-corrected chi connectivity index (χ1v) is 19.9. The molecule has 4 heterocycles. The fraction of sp³-hybridized carbons (Fsp3) is 0.476. The summed E-state index contributed by atoms with van der Waals surface area (Å²) in [5.74, 6) is -9.54. The zero-order valence-electron chi connectivity index (χ0n) is 34.1. The minimum atomic E-state index is -4.60. The molecule has 2 aromatic carbocycles. The number of fused-ring (bicyclic) bond motifs is 3. The number of alkyl carbamates (subject to hydrolysis) is 2. The van der Waals surface area contributed by atoms with E-state index in [1.165, 1.54) is 38.7 Å². The van der Waals surface area contributed by atoms with E-state index in [0.29, 0.717) is 61.8 Å². The van der Waals surface area contributed by atoms with Crippen LogP contribution in [0.1, 0.15) is 88.2 Å². The molecule has 1 unspecified atom stereocenters. The number of H-pyrrole nitrogens is 2. The van der Waals surface area contributed by atoms with Crippen molar-refractivity contribution in [1.29, 1.82) is 0 Å². The number of halogens is 4. The van der Waals surface area contributed by atoms with Crippen molar-refractivity contribution >= 4 is 24.0 Å². The van der Waals surface area contributed by atoms with E-state index in [4.69, 9.17) is 9.47 Å². The zero-order valence-corrected chi connectivity index (χ0v) is 34.1. The molecule has 18 heteroatoms. The number of ether oxygens (including phenoxy) is 2. The fourth-order valence-corrected chi connectivity index (χ4v) is 8.44. The number of aromatic amines is 2. The quantitative estimate of drug-likeness (QED) is 0.119. The number of amides is 4. The van der Waals surface area contributed by atoms with Crippen LogP contribution in [0.15, 0.2) is 48.8 Å². The van der Waals surface area contributed by atoms with E-state index in [9.17, 15) is 19.2 Å². The predicted octanol–water partition coefficient (Wildman–Crippen LogP) is 7.42. The Bertz CT molecular complexity index is 2130. The molecule has 2 saturated heterocycles. The third-order valence-electron chi connectivity index (χ3n) is 11.7. The van der Waals surface area contributed by atoms with Crippen molar-refractivity contribution in [2.45, 2.75) is 89.4 Å². The van der Waals surface area contributed by atoms with Crippen molar-refractivity contribution in [1.82, 2.24) is 40.4 Å². The van der Waals surface area contributed by atoms with Gasteiger partial charge in [0.15, 0.2) is 0 Å². The number of methoxy groups -OCH3 is 2. The smallest absolute Gasteiger partial charge is 0.407 e. The van der Waals surface area contributed by atoms with Gasteiger partial charge in [-0.2, -0.15) is 17.6 Å². The van der Waals surface area contributed by atoms with Crippen LogP contribution in [0.3, 0.4) is 0 Å². The fourth-order valence-electron chi connectivity index (χ4n) is 8.44. The Hall–Kier alpha value is -5.94. The summed E-state index contributed by atoms with van der Waals surface area (Å²) in [7, 11) is 2.42. The number of hydrogen-bond acceptors (Lipinski definition) is 8. The van der Waals surface area contributed by atoms with E-state index in [2.05, 4.69) is 30.6 Å². The summed E-state index contributed by atoms with van der Waals surface area (Å²) in [5.41, 5.74) is -0.768. The number of benzene rings is 2. The molecule has 320 valence electrons. The van der Waals surface area contributed by atoms with Gasteiger partial charge in [0.05, 0.1) is 50.1 Å². The number of rotatable bonds is 10. The van der Waals surface area contributed by atoms with Crippen molar-refractivity contribution in [3.63, 3.8) is 0 Å². The molecule has 0 radical (unpaired) electrons. The normalized spacial score (nSPS) is 20.1. The van der Waals surface area contributed by atoms with E-state index in [1.807, 2.05) is 0 Å². The van der Waals surface area contributed by atoms with Crippen molar-refractivity contribution in [3.05, 3.63) is 71.6 Å².